The van der Waals surface area contributed by atoms with Gasteiger partial charge in [-0.25, -0.2) is 4.57 Å². The third-order valence-electron chi connectivity index (χ3n) is 6.25. The molecule has 0 aliphatic heterocycles. The molecule has 0 aromatic heterocycles. The predicted octanol–water partition coefficient (Wildman–Crippen LogP) is 9.17. The van der Waals surface area contributed by atoms with Crippen LogP contribution in [0, 0.1) is 0 Å². The Kier molecular flexibility index (Phi) is 28.8. The first-order valence-electron chi connectivity index (χ1n) is 16.2. The summed E-state index contributed by atoms with van der Waals surface area (Å²) in [6.07, 6.45) is 38.1. The second-order valence-electron chi connectivity index (χ2n) is 10.4. The Morgan fingerprint density at radius 2 is 1.09 bits per heavy atom. The predicted molar refractivity (Wildman–Crippen MR) is 179 cm³/mol. The first kappa shape index (κ1) is 41.5. The second kappa shape index (κ2) is 30.5. The zero-order valence-electron chi connectivity index (χ0n) is 27.0. The molecule has 0 fully saturated rings. The normalized spacial score (nSPS) is 13.5. The van der Waals surface area contributed by atoms with Crippen molar-refractivity contribution in [3.05, 3.63) is 72.9 Å². The molecular formula is C35H57O8P. The molecule has 250 valence electrons. The molecule has 0 radical (unpaired) electrons. The maximum absolute atomic E-state index is 12.2. The molecule has 1 atom stereocenters. The van der Waals surface area contributed by atoms with E-state index < -0.39 is 32.5 Å². The Morgan fingerprint density at radius 1 is 0.614 bits per heavy atom. The zero-order chi connectivity index (χ0) is 32.6. The van der Waals surface area contributed by atoms with Crippen molar-refractivity contribution in [2.75, 3.05) is 13.2 Å². The van der Waals surface area contributed by atoms with Crippen molar-refractivity contribution in [3.63, 3.8) is 0 Å². The number of esters is 2. The Labute approximate surface area is 266 Å². The van der Waals surface area contributed by atoms with Gasteiger partial charge in [0, 0.05) is 12.8 Å². The van der Waals surface area contributed by atoms with Crippen LogP contribution in [-0.4, -0.2) is 41.0 Å². The summed E-state index contributed by atoms with van der Waals surface area (Å²) in [7, 11) is -4.76. The molecule has 0 aliphatic carbocycles. The van der Waals surface area contributed by atoms with E-state index in [-0.39, 0.29) is 19.4 Å². The van der Waals surface area contributed by atoms with Gasteiger partial charge in [0.1, 0.15) is 6.61 Å². The zero-order valence-corrected chi connectivity index (χ0v) is 27.9. The van der Waals surface area contributed by atoms with Crippen LogP contribution in [0.25, 0.3) is 0 Å². The van der Waals surface area contributed by atoms with Crippen LogP contribution in [0.4, 0.5) is 0 Å². The first-order chi connectivity index (χ1) is 21.3. The van der Waals surface area contributed by atoms with E-state index in [0.717, 1.165) is 57.8 Å². The molecule has 0 unspecified atom stereocenters. The lowest BCUT2D eigenvalue weighted by Crippen LogP contribution is -2.29. The number of carbonyl (C=O) groups excluding carboxylic acids is 2. The summed E-state index contributed by atoms with van der Waals surface area (Å²) in [4.78, 5) is 42.3. The van der Waals surface area contributed by atoms with Crippen molar-refractivity contribution in [2.45, 2.75) is 123 Å². The van der Waals surface area contributed by atoms with Crippen LogP contribution in [0.1, 0.15) is 117 Å². The Morgan fingerprint density at radius 3 is 1.59 bits per heavy atom. The van der Waals surface area contributed by atoms with Gasteiger partial charge in [0.2, 0.25) is 0 Å². The lowest BCUT2D eigenvalue weighted by molar-refractivity contribution is -0.161. The summed E-state index contributed by atoms with van der Waals surface area (Å²) in [6, 6.07) is 0. The van der Waals surface area contributed by atoms with E-state index in [0.29, 0.717) is 12.8 Å². The third-order valence-corrected chi connectivity index (χ3v) is 6.74. The molecule has 0 aliphatic rings. The molecule has 0 aromatic rings. The van der Waals surface area contributed by atoms with Gasteiger partial charge in [0.25, 0.3) is 0 Å². The number of unbranched alkanes of at least 4 members (excludes halogenated alkanes) is 6. The minimum absolute atomic E-state index is 0.139. The Balaban J connectivity index is 4.14. The molecule has 0 rings (SSSR count). The van der Waals surface area contributed by atoms with E-state index in [2.05, 4.69) is 79.1 Å². The number of phosphoric ester groups is 1. The highest BCUT2D eigenvalue weighted by atomic mass is 31.2. The van der Waals surface area contributed by atoms with Crippen LogP contribution in [-0.2, 0) is 28.2 Å². The van der Waals surface area contributed by atoms with Crippen LogP contribution in [0.15, 0.2) is 72.9 Å². The summed E-state index contributed by atoms with van der Waals surface area (Å²) >= 11 is 0. The van der Waals surface area contributed by atoms with E-state index >= 15 is 0 Å². The van der Waals surface area contributed by atoms with Gasteiger partial charge in [-0.2, -0.15) is 0 Å². The molecule has 0 aromatic carbocycles. The number of phosphoric acid groups is 1. The number of allylic oxidation sites excluding steroid dienone is 12. The highest BCUT2D eigenvalue weighted by Gasteiger charge is 2.22. The minimum atomic E-state index is -4.76. The number of carbonyl (C=O) groups is 2. The summed E-state index contributed by atoms with van der Waals surface area (Å²) in [6.45, 7) is 3.40. The van der Waals surface area contributed by atoms with Crippen molar-refractivity contribution in [1.82, 2.24) is 0 Å². The van der Waals surface area contributed by atoms with Gasteiger partial charge >= 0.3 is 19.8 Å². The van der Waals surface area contributed by atoms with Gasteiger partial charge in [-0.3, -0.25) is 14.1 Å². The van der Waals surface area contributed by atoms with E-state index in [4.69, 9.17) is 19.3 Å². The van der Waals surface area contributed by atoms with Crippen LogP contribution in [0.5, 0.6) is 0 Å². The Bertz CT molecular complexity index is 942. The number of ether oxygens (including phenoxy) is 2. The monoisotopic (exact) mass is 636 g/mol. The van der Waals surface area contributed by atoms with Crippen molar-refractivity contribution in [3.8, 4) is 0 Å². The van der Waals surface area contributed by atoms with E-state index in [1.165, 1.54) is 19.3 Å². The van der Waals surface area contributed by atoms with Gasteiger partial charge in [0.15, 0.2) is 6.10 Å². The van der Waals surface area contributed by atoms with Crippen LogP contribution in [0.2, 0.25) is 0 Å². The summed E-state index contributed by atoms with van der Waals surface area (Å²) in [5.74, 6) is -0.999. The van der Waals surface area contributed by atoms with Crippen LogP contribution < -0.4 is 0 Å². The molecule has 0 bridgehead atoms. The van der Waals surface area contributed by atoms with Gasteiger partial charge in [-0.1, -0.05) is 125 Å². The molecule has 8 nitrogen and oxygen atoms in total. The van der Waals surface area contributed by atoms with Crippen LogP contribution in [0.3, 0.4) is 0 Å². The first-order valence-corrected chi connectivity index (χ1v) is 17.8. The molecule has 0 saturated heterocycles. The Hall–Kier alpha value is -2.51. The lowest BCUT2D eigenvalue weighted by atomic mass is 10.1. The fraction of sp³-hybridized carbons (Fsp3) is 0.600. The molecule has 9 heteroatoms. The number of hydrogen-bond acceptors (Lipinski definition) is 6. The molecule has 44 heavy (non-hydrogen) atoms. The maximum Gasteiger partial charge on any atom is 0.469 e. The minimum Gasteiger partial charge on any atom is -0.462 e. The molecule has 0 saturated carbocycles. The summed E-state index contributed by atoms with van der Waals surface area (Å²) in [5, 5.41) is 0. The highest BCUT2D eigenvalue weighted by molar-refractivity contribution is 7.46. The quantitative estimate of drug-likeness (QED) is 0.0378. The SMILES string of the molecule is CC/C=C/C/C=C/C/C=C/C/C=C/C/C=C/C/C=C/CCC(=O)OC[C@H](COP(=O)(O)O)OC(=O)CCCCCCCCC. The fourth-order valence-corrected chi connectivity index (χ4v) is 4.23. The van der Waals surface area contributed by atoms with Crippen LogP contribution >= 0.6 is 7.82 Å². The van der Waals surface area contributed by atoms with Gasteiger partial charge < -0.3 is 19.3 Å². The standard InChI is InChI=1S/C35H57O8P/c1-3-5-7-9-11-12-13-14-15-16-17-18-19-20-21-22-24-25-27-29-34(36)41-31-33(32-42-44(38,39)40)43-35(37)30-28-26-23-10-8-6-4-2/h5,7,11-12,14-15,17-18,20-21,24-25,33H,3-4,6,8-10,13,16,19,22-23,26-32H2,1-2H3,(H2,38,39,40)/b7-5+,12-11+,15-14+,18-17+,21-20+,25-24+/t33-/m1/s1. The van der Waals surface area contributed by atoms with Crippen molar-refractivity contribution in [1.29, 1.82) is 0 Å². The topological polar surface area (TPSA) is 119 Å². The van der Waals surface area contributed by atoms with E-state index in [1.54, 1.807) is 0 Å². The van der Waals surface area contributed by atoms with Crippen molar-refractivity contribution >= 4 is 19.8 Å². The largest absolute Gasteiger partial charge is 0.469 e. The lowest BCUT2D eigenvalue weighted by Gasteiger charge is -2.18. The van der Waals surface area contributed by atoms with E-state index in [9.17, 15) is 14.2 Å². The van der Waals surface area contributed by atoms with Gasteiger partial charge in [-0.15, -0.1) is 0 Å². The second-order valence-corrected chi connectivity index (χ2v) is 11.6. The molecule has 0 spiro atoms. The average Bonchev–Trinajstić information content (AvgIpc) is 2.98. The fourth-order valence-electron chi connectivity index (χ4n) is 3.87. The van der Waals surface area contributed by atoms with Gasteiger partial charge in [0.05, 0.1) is 6.61 Å². The average molecular weight is 637 g/mol. The van der Waals surface area contributed by atoms with Crippen molar-refractivity contribution in [2.24, 2.45) is 0 Å². The molecule has 0 amide bonds. The highest BCUT2D eigenvalue weighted by Crippen LogP contribution is 2.35. The summed E-state index contributed by atoms with van der Waals surface area (Å²) in [5.41, 5.74) is 0. The smallest absolute Gasteiger partial charge is 0.462 e. The molecule has 2 N–H and O–H groups in total. The maximum atomic E-state index is 12.2. The third kappa shape index (κ3) is 32.4. The molecular weight excluding hydrogens is 579 g/mol. The molecule has 0 heterocycles. The van der Waals surface area contributed by atoms with Gasteiger partial charge in [-0.05, 0) is 51.4 Å². The number of hydrogen-bond donors (Lipinski definition) is 2. The number of rotatable bonds is 28. The van der Waals surface area contributed by atoms with E-state index in [1.807, 2.05) is 12.2 Å². The van der Waals surface area contributed by atoms with Crippen molar-refractivity contribution < 1.29 is 37.9 Å². The summed E-state index contributed by atoms with van der Waals surface area (Å²) < 4.78 is 26.0.